The van der Waals surface area contributed by atoms with Gasteiger partial charge < -0.3 is 0 Å². The fourth-order valence-electron chi connectivity index (χ4n) is 0.919. The van der Waals surface area contributed by atoms with E-state index in [-0.39, 0.29) is 12.4 Å². The van der Waals surface area contributed by atoms with Crippen molar-refractivity contribution in [3.05, 3.63) is 29.8 Å². The maximum atomic E-state index is 5.32. The van der Waals surface area contributed by atoms with Crippen molar-refractivity contribution in [2.75, 3.05) is 6.61 Å². The second-order valence-corrected chi connectivity index (χ2v) is 3.38. The van der Waals surface area contributed by atoms with Crippen molar-refractivity contribution in [2.45, 2.75) is 11.9 Å². The third-order valence-electron chi connectivity index (χ3n) is 1.52. The first-order valence-electron chi connectivity index (χ1n) is 3.87. The summed E-state index contributed by atoms with van der Waals surface area (Å²) in [5.74, 6) is 0.977. The van der Waals surface area contributed by atoms with Gasteiger partial charge in [-0.15, -0.1) is 12.4 Å². The first kappa shape index (κ1) is 11.9. The third-order valence-corrected chi connectivity index (χ3v) is 2.73. The topological polar surface area (TPSA) is 9.23 Å². The zero-order chi connectivity index (χ0) is 8.10. The van der Waals surface area contributed by atoms with Gasteiger partial charge in [0.2, 0.25) is 0 Å². The van der Waals surface area contributed by atoms with E-state index in [2.05, 4.69) is 12.1 Å². The molecule has 1 aromatic carbocycles. The molecule has 0 fully saturated rings. The molecule has 0 saturated heterocycles. The van der Waals surface area contributed by atoms with Crippen LogP contribution in [0.1, 0.15) is 12.5 Å². The van der Waals surface area contributed by atoms with Gasteiger partial charge in [0.1, 0.15) is 0 Å². The summed E-state index contributed by atoms with van der Waals surface area (Å²) in [5, 5.41) is 1.21. The Labute approximate surface area is 89.6 Å². The Morgan fingerprint density at radius 1 is 1.25 bits per heavy atom. The second kappa shape index (κ2) is 6.45. The van der Waals surface area contributed by atoms with Crippen molar-refractivity contribution in [1.29, 1.82) is 0 Å². The van der Waals surface area contributed by atoms with Gasteiger partial charge in [-0.05, 0) is 0 Å². The van der Waals surface area contributed by atoms with Crippen LogP contribution in [0, 0.1) is 0 Å². The van der Waals surface area contributed by atoms with Crippen LogP contribution in [0.5, 0.6) is 5.75 Å². The summed E-state index contributed by atoms with van der Waals surface area (Å²) in [6.07, 6.45) is 0. The number of hydrogen-bond donors (Lipinski definition) is 0. The van der Waals surface area contributed by atoms with Crippen LogP contribution in [0.15, 0.2) is 24.3 Å². The maximum Gasteiger partial charge on any atom is -0.147 e. The van der Waals surface area contributed by atoms with Crippen LogP contribution >= 0.6 is 12.4 Å². The van der Waals surface area contributed by atoms with Gasteiger partial charge in [0.05, 0.1) is 0 Å². The fourth-order valence-corrected chi connectivity index (χ4v) is 1.62. The Morgan fingerprint density at radius 3 is 2.25 bits per heavy atom. The number of benzene rings is 1. The predicted octanol–water partition coefficient (Wildman–Crippen LogP) is 2.55. The standard InChI is InChI=1S/C9H11O.ClH.Zn/c1-3-10-9-6-4-8(2)5-7-9;;/h4-7H,2-3H2,1H3;1H;. The molecule has 0 spiro atoms. The van der Waals surface area contributed by atoms with E-state index in [4.69, 9.17) is 4.74 Å². The third kappa shape index (κ3) is 3.55. The first-order valence-corrected chi connectivity index (χ1v) is 5.97. The Hall–Kier alpha value is -0.0666. The normalized spacial score (nSPS) is 8.92. The molecule has 12 heavy (non-hydrogen) atoms. The average molecular weight is 237 g/mol. The molecule has 0 aliphatic carbocycles. The Kier molecular flexibility index (Phi) is 6.41. The molecule has 0 radical (unpaired) electrons. The molecule has 1 nitrogen and oxygen atoms in total. The molecule has 0 atom stereocenters. The van der Waals surface area contributed by atoms with Crippen LogP contribution < -0.4 is 4.74 Å². The van der Waals surface area contributed by atoms with Crippen LogP contribution in [-0.4, -0.2) is 6.61 Å². The van der Waals surface area contributed by atoms with Crippen LogP contribution in [0.25, 0.3) is 0 Å². The SMILES string of the molecule is CCOc1ccc([CH2][Zn])cc1.Cl. The molecule has 0 amide bonds. The zero-order valence-corrected chi connectivity index (χ0v) is 11.0. The minimum Gasteiger partial charge on any atom is -0.147 e. The van der Waals surface area contributed by atoms with Gasteiger partial charge in [-0.1, -0.05) is 0 Å². The Balaban J connectivity index is 0.00000121. The van der Waals surface area contributed by atoms with E-state index in [1.165, 1.54) is 28.9 Å². The van der Waals surface area contributed by atoms with E-state index in [9.17, 15) is 0 Å². The van der Waals surface area contributed by atoms with Gasteiger partial charge >= 0.3 is 77.2 Å². The molecule has 0 aliphatic rings. The van der Waals surface area contributed by atoms with Gasteiger partial charge in [-0.2, -0.15) is 0 Å². The Morgan fingerprint density at radius 2 is 1.83 bits per heavy atom. The van der Waals surface area contributed by atoms with Crippen molar-refractivity contribution in [3.63, 3.8) is 0 Å². The molecular formula is C9H12ClOZn. The number of rotatable bonds is 3. The van der Waals surface area contributed by atoms with Gasteiger partial charge in [-0.25, -0.2) is 0 Å². The molecule has 0 aromatic heterocycles. The smallest absolute Gasteiger partial charge is 0.147 e. The van der Waals surface area contributed by atoms with Gasteiger partial charge in [0, 0.05) is 0 Å². The molecule has 1 rings (SSSR count). The minimum absolute atomic E-state index is 0. The van der Waals surface area contributed by atoms with Crippen molar-refractivity contribution < 1.29 is 23.0 Å². The van der Waals surface area contributed by atoms with E-state index >= 15 is 0 Å². The van der Waals surface area contributed by atoms with E-state index in [0.717, 1.165) is 12.4 Å². The molecular weight excluding hydrogens is 225 g/mol. The number of halogens is 1. The van der Waals surface area contributed by atoms with Gasteiger partial charge in [0.15, 0.2) is 0 Å². The van der Waals surface area contributed by atoms with Gasteiger partial charge in [-0.3, -0.25) is 0 Å². The van der Waals surface area contributed by atoms with E-state index in [1.54, 1.807) is 0 Å². The largest absolute Gasteiger partial charge is 0.147 e. The molecule has 3 heteroatoms. The van der Waals surface area contributed by atoms with E-state index < -0.39 is 0 Å². The summed E-state index contributed by atoms with van der Waals surface area (Å²) in [5.41, 5.74) is 1.41. The fraction of sp³-hybridized carbons (Fsp3) is 0.333. The molecule has 0 N–H and O–H groups in total. The molecule has 0 heterocycles. The summed E-state index contributed by atoms with van der Waals surface area (Å²) >= 11 is 1.33. The number of ether oxygens (including phenoxy) is 1. The van der Waals surface area contributed by atoms with E-state index in [0.29, 0.717) is 0 Å². The molecule has 63 valence electrons. The number of hydrogen-bond acceptors (Lipinski definition) is 1. The molecule has 0 saturated carbocycles. The molecule has 1 aromatic rings. The van der Waals surface area contributed by atoms with Crippen molar-refractivity contribution in [2.24, 2.45) is 0 Å². The zero-order valence-electron chi connectivity index (χ0n) is 7.25. The molecule has 0 bridgehead atoms. The second-order valence-electron chi connectivity index (χ2n) is 2.33. The Bertz CT molecular complexity index is 210. The van der Waals surface area contributed by atoms with Gasteiger partial charge in [0.25, 0.3) is 0 Å². The predicted molar refractivity (Wildman–Crippen MR) is 48.6 cm³/mol. The van der Waals surface area contributed by atoms with Crippen LogP contribution in [0.3, 0.4) is 0 Å². The van der Waals surface area contributed by atoms with Crippen LogP contribution in [0.2, 0.25) is 0 Å². The molecule has 0 unspecified atom stereocenters. The summed E-state index contributed by atoms with van der Waals surface area (Å²) in [4.78, 5) is 0. The van der Waals surface area contributed by atoms with E-state index in [1.807, 2.05) is 19.1 Å². The van der Waals surface area contributed by atoms with Crippen LogP contribution in [0.4, 0.5) is 0 Å². The molecule has 0 aliphatic heterocycles. The summed E-state index contributed by atoms with van der Waals surface area (Å²) in [7, 11) is 0. The van der Waals surface area contributed by atoms with Crippen molar-refractivity contribution in [1.82, 2.24) is 0 Å². The van der Waals surface area contributed by atoms with Crippen molar-refractivity contribution in [3.8, 4) is 5.75 Å². The van der Waals surface area contributed by atoms with Crippen molar-refractivity contribution >= 4 is 12.4 Å². The average Bonchev–Trinajstić information content (AvgIpc) is 2.07. The maximum absolute atomic E-state index is 5.32. The monoisotopic (exact) mass is 235 g/mol. The quantitative estimate of drug-likeness (QED) is 0.734. The summed E-state index contributed by atoms with van der Waals surface area (Å²) in [6, 6.07) is 8.34. The van der Waals surface area contributed by atoms with Crippen LogP contribution in [-0.2, 0) is 23.3 Å². The summed E-state index contributed by atoms with van der Waals surface area (Å²) < 4.78 is 5.32. The summed E-state index contributed by atoms with van der Waals surface area (Å²) in [6.45, 7) is 2.75. The minimum atomic E-state index is 0. The first-order chi connectivity index (χ1) is 5.36.